The van der Waals surface area contributed by atoms with Gasteiger partial charge in [0.2, 0.25) is 0 Å². The molecule has 0 heterocycles. The van der Waals surface area contributed by atoms with Gasteiger partial charge in [-0.3, -0.25) is 0 Å². The first-order chi connectivity index (χ1) is 6.51. The van der Waals surface area contributed by atoms with Crippen LogP contribution >= 0.6 is 0 Å². The summed E-state index contributed by atoms with van der Waals surface area (Å²) >= 11 is 0. The fourth-order valence-electron chi connectivity index (χ4n) is 1.38. The third-order valence-electron chi connectivity index (χ3n) is 2.93. The molecule has 0 amide bonds. The van der Waals surface area contributed by atoms with Crippen LogP contribution in [-0.2, 0) is 0 Å². The second-order valence-corrected chi connectivity index (χ2v) is 4.68. The first-order valence-electron chi connectivity index (χ1n) is 5.91. The second-order valence-electron chi connectivity index (χ2n) is 4.68. The summed E-state index contributed by atoms with van der Waals surface area (Å²) in [6.07, 6.45) is 1.04. The van der Waals surface area contributed by atoms with E-state index in [0.717, 1.165) is 25.6 Å². The summed E-state index contributed by atoms with van der Waals surface area (Å²) in [7, 11) is 0. The molecule has 0 aromatic rings. The summed E-state index contributed by atoms with van der Waals surface area (Å²) in [6.45, 7) is 13.8. The van der Waals surface area contributed by atoms with Gasteiger partial charge in [0.25, 0.3) is 0 Å². The maximum atomic E-state index is 9.77. The van der Waals surface area contributed by atoms with Gasteiger partial charge < -0.3 is 10.0 Å². The Kier molecular flexibility index (Phi) is 7.20. The van der Waals surface area contributed by atoms with Crippen LogP contribution in [0.3, 0.4) is 0 Å². The average molecular weight is 201 g/mol. The largest absolute Gasteiger partial charge is 0.392 e. The number of hydrogen-bond acceptors (Lipinski definition) is 2. The normalized spacial score (nSPS) is 16.3. The lowest BCUT2D eigenvalue weighted by Crippen LogP contribution is -2.37. The minimum Gasteiger partial charge on any atom is -0.392 e. The Balaban J connectivity index is 3.89. The van der Waals surface area contributed by atoms with Gasteiger partial charge in [-0.25, -0.2) is 0 Å². The SMILES string of the molecule is CCC(C)CN(CC)CC(O)C(C)C. The standard InChI is InChI=1S/C12H27NO/c1-6-11(5)8-13(7-2)9-12(14)10(3)4/h10-12,14H,6-9H2,1-5H3. The first kappa shape index (κ1) is 13.9. The van der Waals surface area contributed by atoms with Gasteiger partial charge >= 0.3 is 0 Å². The van der Waals surface area contributed by atoms with E-state index in [9.17, 15) is 5.11 Å². The van der Waals surface area contributed by atoms with Gasteiger partial charge in [-0.2, -0.15) is 0 Å². The summed E-state index contributed by atoms with van der Waals surface area (Å²) < 4.78 is 0. The highest BCUT2D eigenvalue weighted by molar-refractivity contribution is 4.68. The molecule has 0 spiro atoms. The van der Waals surface area contributed by atoms with Crippen molar-refractivity contribution >= 4 is 0 Å². The number of hydrogen-bond donors (Lipinski definition) is 1. The van der Waals surface area contributed by atoms with Gasteiger partial charge in [-0.15, -0.1) is 0 Å². The molecule has 0 aromatic heterocycles. The van der Waals surface area contributed by atoms with Crippen molar-refractivity contribution in [1.82, 2.24) is 4.90 Å². The number of aliphatic hydroxyl groups is 1. The van der Waals surface area contributed by atoms with E-state index in [1.807, 2.05) is 0 Å². The van der Waals surface area contributed by atoms with Gasteiger partial charge in [0.1, 0.15) is 0 Å². The molecule has 0 aliphatic heterocycles. The Morgan fingerprint density at radius 3 is 2.00 bits per heavy atom. The molecular formula is C12H27NO. The van der Waals surface area contributed by atoms with Gasteiger partial charge in [-0.1, -0.05) is 41.0 Å². The van der Waals surface area contributed by atoms with Crippen molar-refractivity contribution in [2.75, 3.05) is 19.6 Å². The molecule has 0 bridgehead atoms. The van der Waals surface area contributed by atoms with E-state index in [2.05, 4.69) is 39.5 Å². The summed E-state index contributed by atoms with van der Waals surface area (Å²) in [4.78, 5) is 2.35. The van der Waals surface area contributed by atoms with Gasteiger partial charge in [0, 0.05) is 13.1 Å². The highest BCUT2D eigenvalue weighted by Gasteiger charge is 2.14. The predicted octanol–water partition coefficient (Wildman–Crippen LogP) is 2.37. The molecule has 0 aliphatic carbocycles. The lowest BCUT2D eigenvalue weighted by atomic mass is 10.1. The van der Waals surface area contributed by atoms with Crippen molar-refractivity contribution in [2.24, 2.45) is 11.8 Å². The molecule has 0 fully saturated rings. The molecular weight excluding hydrogens is 174 g/mol. The lowest BCUT2D eigenvalue weighted by Gasteiger charge is -2.27. The van der Waals surface area contributed by atoms with E-state index in [-0.39, 0.29) is 6.10 Å². The molecule has 2 nitrogen and oxygen atoms in total. The Hall–Kier alpha value is -0.0800. The Morgan fingerprint density at radius 1 is 1.07 bits per heavy atom. The quantitative estimate of drug-likeness (QED) is 0.683. The van der Waals surface area contributed by atoms with Crippen LogP contribution in [0.5, 0.6) is 0 Å². The van der Waals surface area contributed by atoms with Crippen molar-refractivity contribution < 1.29 is 5.11 Å². The van der Waals surface area contributed by atoms with Crippen LogP contribution in [0.25, 0.3) is 0 Å². The molecule has 0 rings (SSSR count). The number of aliphatic hydroxyl groups excluding tert-OH is 1. The number of likely N-dealkylation sites (N-methyl/N-ethyl adjacent to an activating group) is 1. The summed E-state index contributed by atoms with van der Waals surface area (Å²) in [6, 6.07) is 0. The first-order valence-corrected chi connectivity index (χ1v) is 5.91. The number of nitrogens with zero attached hydrogens (tertiary/aromatic N) is 1. The van der Waals surface area contributed by atoms with Gasteiger partial charge in [0.15, 0.2) is 0 Å². The molecule has 1 N–H and O–H groups in total. The Labute approximate surface area is 89.3 Å². The highest BCUT2D eigenvalue weighted by atomic mass is 16.3. The molecule has 14 heavy (non-hydrogen) atoms. The Bertz CT molecular complexity index is 136. The number of rotatable bonds is 7. The molecule has 0 radical (unpaired) electrons. The fourth-order valence-corrected chi connectivity index (χ4v) is 1.38. The van der Waals surface area contributed by atoms with E-state index in [0.29, 0.717) is 5.92 Å². The Morgan fingerprint density at radius 2 is 1.64 bits per heavy atom. The monoisotopic (exact) mass is 201 g/mol. The van der Waals surface area contributed by atoms with Crippen molar-refractivity contribution in [3.63, 3.8) is 0 Å². The minimum absolute atomic E-state index is 0.181. The van der Waals surface area contributed by atoms with E-state index < -0.39 is 0 Å². The zero-order valence-corrected chi connectivity index (χ0v) is 10.5. The van der Waals surface area contributed by atoms with E-state index >= 15 is 0 Å². The third kappa shape index (κ3) is 5.61. The summed E-state index contributed by atoms with van der Waals surface area (Å²) in [5.74, 6) is 1.09. The molecule has 2 unspecified atom stereocenters. The second kappa shape index (κ2) is 7.24. The van der Waals surface area contributed by atoms with Crippen LogP contribution in [0, 0.1) is 11.8 Å². The van der Waals surface area contributed by atoms with Crippen molar-refractivity contribution in [2.45, 2.75) is 47.1 Å². The molecule has 0 saturated carbocycles. The lowest BCUT2D eigenvalue weighted by molar-refractivity contribution is 0.0725. The van der Waals surface area contributed by atoms with Crippen LogP contribution < -0.4 is 0 Å². The maximum Gasteiger partial charge on any atom is 0.0689 e. The van der Waals surface area contributed by atoms with Crippen LogP contribution in [0.2, 0.25) is 0 Å². The summed E-state index contributed by atoms with van der Waals surface area (Å²) in [5.41, 5.74) is 0. The van der Waals surface area contributed by atoms with Crippen LogP contribution in [-0.4, -0.2) is 35.7 Å². The average Bonchev–Trinajstić information content (AvgIpc) is 2.16. The van der Waals surface area contributed by atoms with Gasteiger partial charge in [0.05, 0.1) is 6.10 Å². The smallest absolute Gasteiger partial charge is 0.0689 e. The molecule has 0 saturated heterocycles. The van der Waals surface area contributed by atoms with E-state index in [1.165, 1.54) is 6.42 Å². The third-order valence-corrected chi connectivity index (χ3v) is 2.93. The topological polar surface area (TPSA) is 23.5 Å². The molecule has 0 aliphatic rings. The minimum atomic E-state index is -0.181. The predicted molar refractivity (Wildman–Crippen MR) is 62.4 cm³/mol. The van der Waals surface area contributed by atoms with Gasteiger partial charge in [-0.05, 0) is 18.4 Å². The molecule has 2 atom stereocenters. The molecule has 86 valence electrons. The summed E-state index contributed by atoms with van der Waals surface area (Å²) in [5, 5.41) is 9.77. The fraction of sp³-hybridized carbons (Fsp3) is 1.00. The van der Waals surface area contributed by atoms with Crippen LogP contribution in [0.4, 0.5) is 0 Å². The van der Waals surface area contributed by atoms with Crippen LogP contribution in [0.1, 0.15) is 41.0 Å². The maximum absolute atomic E-state index is 9.77. The van der Waals surface area contributed by atoms with Crippen molar-refractivity contribution in [1.29, 1.82) is 0 Å². The molecule has 2 heteroatoms. The molecule has 0 aromatic carbocycles. The van der Waals surface area contributed by atoms with E-state index in [4.69, 9.17) is 0 Å². The van der Waals surface area contributed by atoms with Crippen molar-refractivity contribution in [3.05, 3.63) is 0 Å². The zero-order valence-electron chi connectivity index (χ0n) is 10.5. The van der Waals surface area contributed by atoms with Crippen LogP contribution in [0.15, 0.2) is 0 Å². The highest BCUT2D eigenvalue weighted by Crippen LogP contribution is 2.08. The van der Waals surface area contributed by atoms with E-state index in [1.54, 1.807) is 0 Å². The van der Waals surface area contributed by atoms with Crippen molar-refractivity contribution in [3.8, 4) is 0 Å². The zero-order chi connectivity index (χ0) is 11.1.